The predicted molar refractivity (Wildman–Crippen MR) is 104 cm³/mol. The third kappa shape index (κ3) is 5.66. The fraction of sp³-hybridized carbons (Fsp3) is 0.381. The van der Waals surface area contributed by atoms with E-state index in [4.69, 9.17) is 9.47 Å². The van der Waals surface area contributed by atoms with Crippen LogP contribution in [0.15, 0.2) is 41.4 Å². The Morgan fingerprint density at radius 3 is 2.68 bits per heavy atom. The van der Waals surface area contributed by atoms with Gasteiger partial charge in [0.2, 0.25) is 0 Å². The monoisotopic (exact) mass is 389 g/mol. The van der Waals surface area contributed by atoms with Gasteiger partial charge in [0.15, 0.2) is 12.8 Å². The molecule has 150 valence electrons. The first-order chi connectivity index (χ1) is 13.7. The molecular formula is C21H25F2N3O2. The topological polar surface area (TPSA) is 54.9 Å². The average Bonchev–Trinajstić information content (AvgIpc) is 2.69. The molecule has 0 saturated heterocycles. The van der Waals surface area contributed by atoms with Gasteiger partial charge in [-0.2, -0.15) is 0 Å². The first kappa shape index (κ1) is 20.1. The van der Waals surface area contributed by atoms with Crippen LogP contribution in [0.5, 0.6) is 5.75 Å². The van der Waals surface area contributed by atoms with Gasteiger partial charge in [0, 0.05) is 25.2 Å². The maximum atomic E-state index is 13.8. The highest BCUT2D eigenvalue weighted by Crippen LogP contribution is 2.29. The number of guanidine groups is 1. The maximum Gasteiger partial charge on any atom is 0.191 e. The largest absolute Gasteiger partial charge is 0.467 e. The van der Waals surface area contributed by atoms with Gasteiger partial charge in [0.1, 0.15) is 17.4 Å². The molecule has 3 rings (SSSR count). The van der Waals surface area contributed by atoms with Crippen molar-refractivity contribution in [1.82, 2.24) is 10.6 Å². The van der Waals surface area contributed by atoms with Gasteiger partial charge in [-0.15, -0.1) is 0 Å². The molecule has 1 aliphatic heterocycles. The Kier molecular flexibility index (Phi) is 7.19. The highest BCUT2D eigenvalue weighted by Gasteiger charge is 2.16. The van der Waals surface area contributed by atoms with Crippen LogP contribution < -0.4 is 15.4 Å². The van der Waals surface area contributed by atoms with Crippen LogP contribution in [-0.4, -0.2) is 32.4 Å². The van der Waals surface area contributed by atoms with Crippen LogP contribution in [0, 0.1) is 11.6 Å². The molecule has 2 aromatic carbocycles. The Hall–Kier alpha value is -2.67. The lowest BCUT2D eigenvalue weighted by atomic mass is 10.1. The van der Waals surface area contributed by atoms with Crippen LogP contribution in [0.4, 0.5) is 8.78 Å². The molecule has 2 N–H and O–H groups in total. The fourth-order valence-corrected chi connectivity index (χ4v) is 3.05. The molecule has 0 aliphatic carbocycles. The fourth-order valence-electron chi connectivity index (χ4n) is 3.05. The molecule has 0 aromatic heterocycles. The molecule has 0 unspecified atom stereocenters. The molecule has 0 radical (unpaired) electrons. The Bertz CT molecular complexity index is 810. The molecule has 0 amide bonds. The van der Waals surface area contributed by atoms with Crippen molar-refractivity contribution in [3.63, 3.8) is 0 Å². The summed E-state index contributed by atoms with van der Waals surface area (Å²) in [6.07, 6.45) is 1.32. The van der Waals surface area contributed by atoms with Crippen molar-refractivity contribution in [1.29, 1.82) is 0 Å². The predicted octanol–water partition coefficient (Wildman–Crippen LogP) is 3.17. The zero-order chi connectivity index (χ0) is 19.8. The summed E-state index contributed by atoms with van der Waals surface area (Å²) in [5, 5.41) is 6.46. The molecule has 0 fully saturated rings. The van der Waals surface area contributed by atoms with Gasteiger partial charge in [0.05, 0.1) is 6.61 Å². The number of rotatable bonds is 7. The third-order valence-corrected chi connectivity index (χ3v) is 4.37. The lowest BCUT2D eigenvalue weighted by molar-refractivity contribution is -0.0172. The van der Waals surface area contributed by atoms with E-state index in [0.717, 1.165) is 29.7 Å². The van der Waals surface area contributed by atoms with Crippen LogP contribution in [0.25, 0.3) is 0 Å². The van der Waals surface area contributed by atoms with Gasteiger partial charge in [-0.05, 0) is 55.2 Å². The molecule has 0 spiro atoms. The molecule has 1 aliphatic rings. The minimum Gasteiger partial charge on any atom is -0.467 e. The summed E-state index contributed by atoms with van der Waals surface area (Å²) in [7, 11) is 0. The summed E-state index contributed by atoms with van der Waals surface area (Å²) >= 11 is 0. The molecule has 0 atom stereocenters. The highest BCUT2D eigenvalue weighted by atomic mass is 19.1. The van der Waals surface area contributed by atoms with Gasteiger partial charge >= 0.3 is 0 Å². The summed E-state index contributed by atoms with van der Waals surface area (Å²) in [5.41, 5.74) is 2.58. The van der Waals surface area contributed by atoms with Crippen LogP contribution in [0.2, 0.25) is 0 Å². The number of nitrogens with zero attached hydrogens (tertiary/aromatic N) is 1. The van der Waals surface area contributed by atoms with E-state index in [1.165, 1.54) is 24.3 Å². The van der Waals surface area contributed by atoms with Crippen molar-refractivity contribution < 1.29 is 18.3 Å². The number of nitrogens with one attached hydrogen (secondary N) is 2. The summed E-state index contributed by atoms with van der Waals surface area (Å²) in [5.74, 6) is 0.870. The Morgan fingerprint density at radius 2 is 1.89 bits per heavy atom. The lowest BCUT2D eigenvalue weighted by Gasteiger charge is -2.20. The molecular weight excluding hydrogens is 364 g/mol. The van der Waals surface area contributed by atoms with E-state index in [2.05, 4.69) is 15.6 Å². The van der Waals surface area contributed by atoms with Gasteiger partial charge < -0.3 is 20.1 Å². The molecule has 2 aromatic rings. The smallest absolute Gasteiger partial charge is 0.191 e. The van der Waals surface area contributed by atoms with E-state index in [-0.39, 0.29) is 18.4 Å². The lowest BCUT2D eigenvalue weighted by Crippen LogP contribution is -2.38. The standard InChI is InChI=1S/C21H25F2N3O2/c1-2-24-21(25-9-7-15-3-5-18(22)6-4-15)26-10-8-16-11-19(23)12-17-13-27-14-28-20(16)17/h3-6,11-12H,2,7-10,13-14H2,1H3,(H2,24,25,26). The van der Waals surface area contributed by atoms with Crippen LogP contribution in [-0.2, 0) is 24.2 Å². The molecule has 1 heterocycles. The van der Waals surface area contributed by atoms with Crippen molar-refractivity contribution in [3.8, 4) is 5.75 Å². The minimum atomic E-state index is -0.295. The maximum absolute atomic E-state index is 13.8. The number of fused-ring (bicyclic) bond motifs is 1. The van der Waals surface area contributed by atoms with Gasteiger partial charge in [-0.25, -0.2) is 8.78 Å². The van der Waals surface area contributed by atoms with E-state index in [1.54, 1.807) is 12.1 Å². The summed E-state index contributed by atoms with van der Waals surface area (Å²) in [6.45, 7) is 4.44. The quantitative estimate of drug-likeness (QED) is 0.564. The SMILES string of the molecule is CCNC(=NCCc1cc(F)cc2c1OCOC2)NCCc1ccc(F)cc1. The van der Waals surface area contributed by atoms with Crippen LogP contribution in [0.3, 0.4) is 0 Å². The highest BCUT2D eigenvalue weighted by molar-refractivity contribution is 5.79. The van der Waals surface area contributed by atoms with E-state index >= 15 is 0 Å². The second-order valence-electron chi connectivity index (χ2n) is 6.48. The number of ether oxygens (including phenoxy) is 2. The number of benzene rings is 2. The first-order valence-electron chi connectivity index (χ1n) is 9.44. The molecule has 7 heteroatoms. The van der Waals surface area contributed by atoms with Gasteiger partial charge in [-0.1, -0.05) is 12.1 Å². The van der Waals surface area contributed by atoms with E-state index in [9.17, 15) is 8.78 Å². The minimum absolute atomic E-state index is 0.183. The van der Waals surface area contributed by atoms with E-state index in [1.807, 2.05) is 6.92 Å². The summed E-state index contributed by atoms with van der Waals surface area (Å²) < 4.78 is 37.5. The zero-order valence-electron chi connectivity index (χ0n) is 15.9. The number of hydrogen-bond acceptors (Lipinski definition) is 3. The molecule has 5 nitrogen and oxygen atoms in total. The summed E-state index contributed by atoms with van der Waals surface area (Å²) in [4.78, 5) is 4.56. The third-order valence-electron chi connectivity index (χ3n) is 4.37. The number of hydrogen-bond donors (Lipinski definition) is 2. The van der Waals surface area contributed by atoms with Crippen molar-refractivity contribution in [2.75, 3.05) is 26.4 Å². The van der Waals surface area contributed by atoms with Crippen LogP contribution in [0.1, 0.15) is 23.6 Å². The Morgan fingerprint density at radius 1 is 1.07 bits per heavy atom. The number of halogens is 2. The second kappa shape index (κ2) is 10.0. The van der Waals surface area contributed by atoms with E-state index < -0.39 is 0 Å². The average molecular weight is 389 g/mol. The van der Waals surface area contributed by atoms with Gasteiger partial charge in [-0.3, -0.25) is 4.99 Å². The van der Waals surface area contributed by atoms with Crippen molar-refractivity contribution in [2.45, 2.75) is 26.4 Å². The van der Waals surface area contributed by atoms with Crippen molar-refractivity contribution in [3.05, 3.63) is 64.7 Å². The summed E-state index contributed by atoms with van der Waals surface area (Å²) in [6, 6.07) is 9.41. The number of aliphatic imine (C=N–C) groups is 1. The molecule has 0 bridgehead atoms. The van der Waals surface area contributed by atoms with Crippen LogP contribution >= 0.6 is 0 Å². The van der Waals surface area contributed by atoms with E-state index in [0.29, 0.717) is 37.8 Å². The molecule has 28 heavy (non-hydrogen) atoms. The second-order valence-corrected chi connectivity index (χ2v) is 6.48. The normalized spacial score (nSPS) is 13.6. The van der Waals surface area contributed by atoms with Crippen molar-refractivity contribution >= 4 is 5.96 Å². The zero-order valence-corrected chi connectivity index (χ0v) is 15.9. The first-order valence-corrected chi connectivity index (χ1v) is 9.44. The Balaban J connectivity index is 1.56. The van der Waals surface area contributed by atoms with Gasteiger partial charge in [0.25, 0.3) is 0 Å². The van der Waals surface area contributed by atoms with Crippen molar-refractivity contribution in [2.24, 2.45) is 4.99 Å². The Labute approximate surface area is 163 Å². The molecule has 0 saturated carbocycles.